The van der Waals surface area contributed by atoms with Crippen molar-refractivity contribution in [2.75, 3.05) is 28.1 Å². The molecule has 0 aliphatic carbocycles. The van der Waals surface area contributed by atoms with Crippen LogP contribution in [0.25, 0.3) is 0 Å². The molecule has 0 rings (SSSR count). The molecule has 0 unspecified atom stereocenters. The predicted octanol–water partition coefficient (Wildman–Crippen LogP) is -0.155. The molecule has 1 N–H and O–H groups in total. The van der Waals surface area contributed by atoms with Crippen molar-refractivity contribution in [3.8, 4) is 0 Å². The van der Waals surface area contributed by atoms with Crippen LogP contribution < -0.4 is 0 Å². The lowest BCUT2D eigenvalue weighted by Gasteiger charge is -1.76. The van der Waals surface area contributed by atoms with Crippen LogP contribution in [0, 0.1) is 0 Å². The summed E-state index contributed by atoms with van der Waals surface area (Å²) in [6.45, 7) is -0.181. The molecule has 0 aromatic rings. The van der Waals surface area contributed by atoms with Crippen molar-refractivity contribution in [3.05, 3.63) is 0 Å². The van der Waals surface area contributed by atoms with Gasteiger partial charge in [0.15, 0.2) is 0 Å². The van der Waals surface area contributed by atoms with E-state index in [1.807, 2.05) is 0 Å². The van der Waals surface area contributed by atoms with Crippen LogP contribution in [0.1, 0.15) is 0 Å². The molecule has 0 aliphatic heterocycles. The van der Waals surface area contributed by atoms with E-state index < -0.39 is 0 Å². The van der Waals surface area contributed by atoms with Crippen LogP contribution in [0.2, 0.25) is 0 Å². The predicted molar refractivity (Wildman–Crippen MR) is 27.0 cm³/mol. The zero-order chi connectivity index (χ0) is 6.12. The van der Waals surface area contributed by atoms with Gasteiger partial charge >= 0.3 is 0 Å². The second-order valence-corrected chi connectivity index (χ2v) is 0.826. The molecule has 3 heteroatoms. The second-order valence-electron chi connectivity index (χ2n) is 0.826. The molecule has 0 heterocycles. The third kappa shape index (κ3) is 114. The molecule has 0 radical (unpaired) electrons. The summed E-state index contributed by atoms with van der Waals surface area (Å²) in [4.78, 5) is 0. The Bertz CT molecular complexity index is 14.4. The minimum atomic E-state index is -0.181. The SMILES string of the molecule is COC.COCO. The Morgan fingerprint density at radius 3 is 1.43 bits per heavy atom. The van der Waals surface area contributed by atoms with Gasteiger partial charge in [-0.3, -0.25) is 0 Å². The molecule has 0 atom stereocenters. The molecular weight excluding hydrogens is 96.0 g/mol. The van der Waals surface area contributed by atoms with E-state index in [9.17, 15) is 0 Å². The molecule has 0 saturated heterocycles. The lowest BCUT2D eigenvalue weighted by atomic mass is 11.4. The summed E-state index contributed by atoms with van der Waals surface area (Å²) in [5, 5.41) is 7.65. The topological polar surface area (TPSA) is 38.7 Å². The van der Waals surface area contributed by atoms with Crippen LogP contribution in [-0.2, 0) is 9.47 Å². The van der Waals surface area contributed by atoms with Gasteiger partial charge in [0.1, 0.15) is 6.79 Å². The molecule has 3 nitrogen and oxygen atoms in total. The number of methoxy groups -OCH3 is 2. The standard InChI is InChI=1S/C2H6O2.C2H6O/c1-4-2-3;1-3-2/h3H,2H2,1H3;1-2H3. The summed E-state index contributed by atoms with van der Waals surface area (Å²) in [5.74, 6) is 0. The van der Waals surface area contributed by atoms with E-state index in [1.54, 1.807) is 14.2 Å². The fourth-order valence-electron chi connectivity index (χ4n) is 0. The van der Waals surface area contributed by atoms with Gasteiger partial charge in [-0.15, -0.1) is 0 Å². The normalized spacial score (nSPS) is 6.86. The molecule has 46 valence electrons. The molecule has 0 aromatic heterocycles. The molecule has 0 bridgehead atoms. The van der Waals surface area contributed by atoms with E-state index in [-0.39, 0.29) is 6.79 Å². The van der Waals surface area contributed by atoms with E-state index in [0.717, 1.165) is 0 Å². The van der Waals surface area contributed by atoms with Crippen LogP contribution in [0.4, 0.5) is 0 Å². The second kappa shape index (κ2) is 16.9. The van der Waals surface area contributed by atoms with Crippen molar-refractivity contribution >= 4 is 0 Å². The minimum absolute atomic E-state index is 0.181. The highest BCUT2D eigenvalue weighted by molar-refractivity contribution is 3.72. The van der Waals surface area contributed by atoms with Gasteiger partial charge in [-0.1, -0.05) is 0 Å². The first-order valence-electron chi connectivity index (χ1n) is 1.83. The summed E-state index contributed by atoms with van der Waals surface area (Å²) < 4.78 is 8.35. The third-order valence-corrected chi connectivity index (χ3v) is 0.129. The summed E-state index contributed by atoms with van der Waals surface area (Å²) in [6.07, 6.45) is 0. The fraction of sp³-hybridized carbons (Fsp3) is 1.00. The maximum atomic E-state index is 7.65. The lowest BCUT2D eigenvalue weighted by molar-refractivity contribution is 0.0325. The van der Waals surface area contributed by atoms with Crippen LogP contribution in [0.3, 0.4) is 0 Å². The molecule has 0 saturated carbocycles. The largest absolute Gasteiger partial charge is 0.388 e. The number of aliphatic hydroxyl groups is 1. The van der Waals surface area contributed by atoms with E-state index in [1.165, 1.54) is 7.11 Å². The van der Waals surface area contributed by atoms with Gasteiger partial charge in [0.2, 0.25) is 0 Å². The molecule has 0 fully saturated rings. The Morgan fingerprint density at radius 2 is 1.43 bits per heavy atom. The smallest absolute Gasteiger partial charge is 0.143 e. The van der Waals surface area contributed by atoms with Crippen LogP contribution in [0.15, 0.2) is 0 Å². The van der Waals surface area contributed by atoms with Crippen LogP contribution in [0.5, 0.6) is 0 Å². The molecule has 0 spiro atoms. The van der Waals surface area contributed by atoms with Gasteiger partial charge in [0.25, 0.3) is 0 Å². The first-order chi connectivity index (χ1) is 3.33. The van der Waals surface area contributed by atoms with Crippen molar-refractivity contribution in [1.29, 1.82) is 0 Å². The van der Waals surface area contributed by atoms with Crippen molar-refractivity contribution < 1.29 is 14.6 Å². The Kier molecular flexibility index (Phi) is 24.1. The zero-order valence-corrected chi connectivity index (χ0v) is 4.97. The first-order valence-corrected chi connectivity index (χ1v) is 1.83. The first kappa shape index (κ1) is 9.99. The maximum absolute atomic E-state index is 7.65. The third-order valence-electron chi connectivity index (χ3n) is 0.129. The van der Waals surface area contributed by atoms with E-state index in [2.05, 4.69) is 9.47 Å². The number of hydrogen-bond acceptors (Lipinski definition) is 3. The molecule has 0 aliphatic rings. The van der Waals surface area contributed by atoms with E-state index in [4.69, 9.17) is 5.11 Å². The number of aliphatic hydroxyl groups excluding tert-OH is 1. The summed E-state index contributed by atoms with van der Waals surface area (Å²) in [5.41, 5.74) is 0. The van der Waals surface area contributed by atoms with Gasteiger partial charge in [0.05, 0.1) is 0 Å². The monoisotopic (exact) mass is 108 g/mol. The Labute approximate surface area is 43.9 Å². The summed E-state index contributed by atoms with van der Waals surface area (Å²) in [6, 6.07) is 0. The average molecular weight is 108 g/mol. The van der Waals surface area contributed by atoms with Gasteiger partial charge in [0, 0.05) is 21.3 Å². The summed E-state index contributed by atoms with van der Waals surface area (Å²) in [7, 11) is 4.68. The van der Waals surface area contributed by atoms with Gasteiger partial charge < -0.3 is 14.6 Å². The van der Waals surface area contributed by atoms with Crippen molar-refractivity contribution in [1.82, 2.24) is 0 Å². The highest BCUT2D eigenvalue weighted by atomic mass is 16.6. The minimum Gasteiger partial charge on any atom is -0.388 e. The Morgan fingerprint density at radius 1 is 1.29 bits per heavy atom. The highest BCUT2D eigenvalue weighted by Crippen LogP contribution is 1.46. The van der Waals surface area contributed by atoms with Crippen molar-refractivity contribution in [2.45, 2.75) is 0 Å². The van der Waals surface area contributed by atoms with Gasteiger partial charge in [-0.2, -0.15) is 0 Å². The number of hydrogen-bond donors (Lipinski definition) is 1. The molecule has 0 aromatic carbocycles. The fourth-order valence-corrected chi connectivity index (χ4v) is 0. The van der Waals surface area contributed by atoms with Crippen LogP contribution >= 0.6 is 0 Å². The van der Waals surface area contributed by atoms with Gasteiger partial charge in [-0.25, -0.2) is 0 Å². The molecule has 0 amide bonds. The van der Waals surface area contributed by atoms with Crippen molar-refractivity contribution in [3.63, 3.8) is 0 Å². The summed E-state index contributed by atoms with van der Waals surface area (Å²) >= 11 is 0. The van der Waals surface area contributed by atoms with E-state index in [0.29, 0.717) is 0 Å². The Balaban J connectivity index is 0. The van der Waals surface area contributed by atoms with Gasteiger partial charge in [-0.05, 0) is 0 Å². The molecular formula is C4H12O3. The highest BCUT2D eigenvalue weighted by Gasteiger charge is 1.51. The Hall–Kier alpha value is -0.120. The number of rotatable bonds is 1. The van der Waals surface area contributed by atoms with E-state index >= 15 is 0 Å². The lowest BCUT2D eigenvalue weighted by Crippen LogP contribution is -1.79. The average Bonchev–Trinajstić information content (AvgIpc) is 1.69. The van der Waals surface area contributed by atoms with Crippen LogP contribution in [-0.4, -0.2) is 33.2 Å². The molecule has 7 heavy (non-hydrogen) atoms. The number of ether oxygens (including phenoxy) is 2. The quantitative estimate of drug-likeness (QED) is 0.474. The van der Waals surface area contributed by atoms with Crippen molar-refractivity contribution in [2.24, 2.45) is 0 Å². The maximum Gasteiger partial charge on any atom is 0.143 e. The zero-order valence-electron chi connectivity index (χ0n) is 4.97.